The van der Waals surface area contributed by atoms with Crippen molar-refractivity contribution in [3.05, 3.63) is 5.82 Å². The number of carbonyl (C=O) groups is 3. The van der Waals surface area contributed by atoms with Crippen LogP contribution in [0.1, 0.15) is 68.1 Å². The first kappa shape index (κ1) is 27.3. The van der Waals surface area contributed by atoms with Gasteiger partial charge < -0.3 is 25.3 Å². The van der Waals surface area contributed by atoms with Crippen LogP contribution < -0.4 is 5.32 Å². The second-order valence-electron chi connectivity index (χ2n) is 12.8. The van der Waals surface area contributed by atoms with E-state index in [1.165, 1.54) is 11.8 Å². The summed E-state index contributed by atoms with van der Waals surface area (Å²) in [6.07, 6.45) is -0.881. The average molecular weight is 511 g/mol. The van der Waals surface area contributed by atoms with Crippen molar-refractivity contribution in [3.8, 4) is 0 Å². The fourth-order valence-electron chi connectivity index (χ4n) is 6.79. The fraction of sp³-hybridized carbons (Fsp3) is 0.792. The average Bonchev–Trinajstić information content (AvgIpc) is 3.09. The third-order valence-corrected chi connectivity index (χ3v) is 8.61. The minimum absolute atomic E-state index is 0.478. The molecule has 196 valence electrons. The first-order valence-corrected chi connectivity index (χ1v) is 12.6. The molecule has 0 aromatic carbocycles. The number of nitrogens with one attached hydrogen (secondary N) is 2. The number of carboxylic acids is 2. The zero-order chi connectivity index (χ0) is 26.9. The molecule has 1 aromatic rings. The molecule has 2 aliphatic rings. The van der Waals surface area contributed by atoms with E-state index in [0.717, 1.165) is 0 Å². The molecular formula is C24H38N4O6S. The number of fused-ring (bicyclic) bond motifs is 1. The van der Waals surface area contributed by atoms with Gasteiger partial charge >= 0.3 is 18.0 Å². The van der Waals surface area contributed by atoms with Crippen molar-refractivity contribution in [2.75, 3.05) is 0 Å². The Labute approximate surface area is 210 Å². The lowest BCUT2D eigenvalue weighted by Gasteiger charge is -2.51. The van der Waals surface area contributed by atoms with Crippen LogP contribution in [0, 0.1) is 40.9 Å². The van der Waals surface area contributed by atoms with Gasteiger partial charge in [-0.2, -0.15) is 0 Å². The van der Waals surface area contributed by atoms with E-state index in [1.807, 2.05) is 41.5 Å². The Kier molecular flexibility index (Phi) is 6.32. The molecule has 0 spiro atoms. The molecule has 35 heavy (non-hydrogen) atoms. The summed E-state index contributed by atoms with van der Waals surface area (Å²) in [6, 6.07) is 0. The molecule has 0 aliphatic heterocycles. The van der Waals surface area contributed by atoms with Gasteiger partial charge in [0.25, 0.3) is 0 Å². The zero-order valence-corrected chi connectivity index (χ0v) is 23.0. The Morgan fingerprint density at radius 1 is 1.03 bits per heavy atom. The number of H-pyrrole nitrogens is 1. The predicted octanol–water partition coefficient (Wildman–Crippen LogP) is 3.96. The summed E-state index contributed by atoms with van der Waals surface area (Å²) in [6.45, 7) is 18.1. The highest BCUT2D eigenvalue weighted by Gasteiger charge is 2.92. The molecule has 1 amide bonds. The number of aromatic nitrogens is 3. The highest BCUT2D eigenvalue weighted by atomic mass is 32.2. The maximum Gasteiger partial charge on any atom is 0.408 e. The first-order chi connectivity index (χ1) is 15.7. The van der Waals surface area contributed by atoms with E-state index in [2.05, 4.69) is 20.5 Å². The van der Waals surface area contributed by atoms with E-state index in [1.54, 1.807) is 27.7 Å². The van der Waals surface area contributed by atoms with Crippen LogP contribution in [0.5, 0.6) is 0 Å². The topological polar surface area (TPSA) is 154 Å². The van der Waals surface area contributed by atoms with Crippen LogP contribution in [0.25, 0.3) is 0 Å². The van der Waals surface area contributed by atoms with E-state index in [9.17, 15) is 24.6 Å². The third kappa shape index (κ3) is 4.09. The van der Waals surface area contributed by atoms with Crippen molar-refractivity contribution in [2.24, 2.45) is 34.0 Å². The van der Waals surface area contributed by atoms with Crippen molar-refractivity contribution in [1.82, 2.24) is 20.5 Å². The number of carboxylic acid groups (broad SMARTS) is 2. The maximum atomic E-state index is 13.4. The van der Waals surface area contributed by atoms with Gasteiger partial charge in [-0.05, 0) is 44.4 Å². The lowest BCUT2D eigenvalue weighted by molar-refractivity contribution is -0.160. The molecule has 0 saturated heterocycles. The van der Waals surface area contributed by atoms with E-state index in [0.29, 0.717) is 11.0 Å². The van der Waals surface area contributed by atoms with Crippen LogP contribution in [-0.4, -0.2) is 59.8 Å². The maximum absolute atomic E-state index is 13.4. The number of aromatic amines is 1. The van der Waals surface area contributed by atoms with Crippen LogP contribution in [0.15, 0.2) is 5.16 Å². The lowest BCUT2D eigenvalue weighted by atomic mass is 9.57. The molecular weight excluding hydrogens is 472 g/mol. The number of nitrogens with zero attached hydrogens (tertiary/aromatic N) is 2. The normalized spacial score (nSPS) is 32.6. The van der Waals surface area contributed by atoms with Gasteiger partial charge in [0, 0.05) is 16.6 Å². The van der Waals surface area contributed by atoms with Crippen molar-refractivity contribution < 1.29 is 29.3 Å². The zero-order valence-electron chi connectivity index (χ0n) is 22.1. The highest BCUT2D eigenvalue weighted by molar-refractivity contribution is 7.99. The number of aryl methyl sites for hydroxylation is 1. The second kappa shape index (κ2) is 8.11. The van der Waals surface area contributed by atoms with Crippen molar-refractivity contribution >= 4 is 29.8 Å². The molecule has 1 heterocycles. The van der Waals surface area contributed by atoms with Crippen molar-refractivity contribution in [3.63, 3.8) is 0 Å². The number of amides is 1. The van der Waals surface area contributed by atoms with Crippen LogP contribution in [-0.2, 0) is 14.3 Å². The Bertz CT molecular complexity index is 1040. The summed E-state index contributed by atoms with van der Waals surface area (Å²) < 4.78 is 5.52. The largest absolute Gasteiger partial charge is 0.481 e. The fourth-order valence-corrected chi connectivity index (χ4v) is 8.61. The molecule has 2 aliphatic carbocycles. The molecule has 1 unspecified atom stereocenters. The van der Waals surface area contributed by atoms with Crippen LogP contribution in [0.4, 0.5) is 4.79 Å². The number of hydrogen-bond acceptors (Lipinski definition) is 7. The number of ether oxygens (including phenoxy) is 1. The number of thioether (sulfide) groups is 1. The standard InChI is InChI=1S/C24H38N4O6S/c1-11-25-18(28-27-11)35-14-12-13(16(29)30)23(12,21(5,6)7)24(17(31)32,15(14)20(2,3)4)26-19(33)34-22(8,9)10/h12-15H,1-10H3,(H,26,33)(H,29,30)(H,31,32)(H,25,27,28)/t12-,13-,14+,15?,23-,24+/m0/s1. The van der Waals surface area contributed by atoms with E-state index >= 15 is 0 Å². The summed E-state index contributed by atoms with van der Waals surface area (Å²) >= 11 is 1.30. The number of rotatable bonds is 5. The number of hydrogen-bond donors (Lipinski definition) is 4. The molecule has 0 radical (unpaired) electrons. The van der Waals surface area contributed by atoms with Gasteiger partial charge in [0.15, 0.2) is 10.7 Å². The van der Waals surface area contributed by atoms with E-state index < -0.39 is 68.4 Å². The molecule has 4 N–H and O–H groups in total. The van der Waals surface area contributed by atoms with Gasteiger partial charge in [-0.25, -0.2) is 9.59 Å². The lowest BCUT2D eigenvalue weighted by Crippen LogP contribution is -2.70. The van der Waals surface area contributed by atoms with E-state index in [4.69, 9.17) is 4.74 Å². The minimum atomic E-state index is -1.91. The minimum Gasteiger partial charge on any atom is -0.481 e. The Balaban J connectivity index is 2.31. The van der Waals surface area contributed by atoms with Gasteiger partial charge in [-0.3, -0.25) is 4.79 Å². The predicted molar refractivity (Wildman–Crippen MR) is 130 cm³/mol. The Hall–Kier alpha value is -2.30. The van der Waals surface area contributed by atoms with E-state index in [-0.39, 0.29) is 0 Å². The molecule has 10 nitrogen and oxygen atoms in total. The second-order valence-corrected chi connectivity index (χ2v) is 14.0. The van der Waals surface area contributed by atoms with Crippen LogP contribution in [0.2, 0.25) is 0 Å². The van der Waals surface area contributed by atoms with Crippen molar-refractivity contribution in [1.29, 1.82) is 0 Å². The third-order valence-electron chi connectivity index (χ3n) is 7.37. The first-order valence-electron chi connectivity index (χ1n) is 11.7. The summed E-state index contributed by atoms with van der Waals surface area (Å²) in [5, 5.41) is 32.2. The summed E-state index contributed by atoms with van der Waals surface area (Å²) in [5.74, 6) is -3.91. The van der Waals surface area contributed by atoms with Crippen LogP contribution >= 0.6 is 11.8 Å². The smallest absolute Gasteiger partial charge is 0.408 e. The van der Waals surface area contributed by atoms with Gasteiger partial charge in [0.1, 0.15) is 11.4 Å². The molecule has 6 atom stereocenters. The SMILES string of the molecule is Cc1nnc(S[C@H]2C(C(C)(C)C)[C@@](NC(=O)OC(C)(C)C)(C(=O)O)[C@@]3(C(C)(C)C)[C@H]2[C@H]3C(=O)O)[nH]1. The molecule has 3 rings (SSSR count). The highest BCUT2D eigenvalue weighted by Crippen LogP contribution is 2.83. The molecule has 2 saturated carbocycles. The van der Waals surface area contributed by atoms with Gasteiger partial charge in [0.05, 0.1) is 5.92 Å². The van der Waals surface area contributed by atoms with Crippen LogP contribution in [0.3, 0.4) is 0 Å². The Morgan fingerprint density at radius 3 is 1.97 bits per heavy atom. The molecule has 11 heteroatoms. The molecule has 0 bridgehead atoms. The number of aliphatic carboxylic acids is 2. The summed E-state index contributed by atoms with van der Waals surface area (Å²) in [4.78, 5) is 42.3. The van der Waals surface area contributed by atoms with Gasteiger partial charge in [-0.1, -0.05) is 53.3 Å². The quantitative estimate of drug-likeness (QED) is 0.460. The monoisotopic (exact) mass is 510 g/mol. The van der Waals surface area contributed by atoms with Crippen molar-refractivity contribution in [2.45, 2.75) is 90.8 Å². The molecule has 1 aromatic heterocycles. The Morgan fingerprint density at radius 2 is 1.60 bits per heavy atom. The number of alkyl carbamates (subject to hydrolysis) is 1. The van der Waals surface area contributed by atoms with Gasteiger partial charge in [-0.15, -0.1) is 10.2 Å². The number of carbonyl (C=O) groups excluding carboxylic acids is 1. The van der Waals surface area contributed by atoms with Gasteiger partial charge in [0.2, 0.25) is 0 Å². The molecule has 2 fully saturated rings. The summed E-state index contributed by atoms with van der Waals surface area (Å²) in [7, 11) is 0. The summed E-state index contributed by atoms with van der Waals surface area (Å²) in [5.41, 5.74) is -5.47.